The number of benzene rings is 9. The van der Waals surface area contributed by atoms with Crippen molar-refractivity contribution in [2.24, 2.45) is 0 Å². The first kappa shape index (κ1) is 30.5. The quantitative estimate of drug-likeness (QED) is 0.164. The van der Waals surface area contributed by atoms with E-state index in [-0.39, 0.29) is 0 Å². The lowest BCUT2D eigenvalue weighted by molar-refractivity contribution is 0.883. The summed E-state index contributed by atoms with van der Waals surface area (Å²) < 4.78 is 2.70. The molecule has 2 aliphatic rings. The summed E-state index contributed by atoms with van der Waals surface area (Å²) in [7, 11) is 0. The first-order valence-corrected chi connectivity index (χ1v) is 20.4. The van der Waals surface area contributed by atoms with Gasteiger partial charge >= 0.3 is 0 Å². The van der Waals surface area contributed by atoms with E-state index in [0.29, 0.717) is 11.2 Å². The van der Waals surface area contributed by atoms with E-state index >= 15 is 0 Å². The topological polar surface area (TPSA) is 0 Å². The zero-order chi connectivity index (χ0) is 35.3. The van der Waals surface area contributed by atoms with Gasteiger partial charge in [-0.2, -0.15) is 0 Å². The highest BCUT2D eigenvalue weighted by Gasteiger charge is 2.32. The monoisotopic (exact) mass is 720 g/mol. The van der Waals surface area contributed by atoms with Crippen LogP contribution in [0.4, 0.5) is 0 Å². The molecule has 0 spiro atoms. The lowest BCUT2D eigenvalue weighted by atomic mass is 9.85. The summed E-state index contributed by atoms with van der Waals surface area (Å²) >= 11 is 3.94. The highest BCUT2D eigenvalue weighted by molar-refractivity contribution is 8.00. The average Bonchev–Trinajstić information content (AvgIpc) is 3.79. The molecule has 0 radical (unpaired) electrons. The van der Waals surface area contributed by atoms with E-state index in [4.69, 9.17) is 0 Å². The van der Waals surface area contributed by atoms with Crippen LogP contribution in [0.5, 0.6) is 0 Å². The Bertz CT molecular complexity index is 3200. The van der Waals surface area contributed by atoms with Gasteiger partial charge in [-0.05, 0) is 118 Å². The van der Waals surface area contributed by atoms with E-state index in [1.54, 1.807) is 0 Å². The molecule has 9 aromatic carbocycles. The van der Waals surface area contributed by atoms with Gasteiger partial charge in [-0.3, -0.25) is 0 Å². The van der Waals surface area contributed by atoms with E-state index in [9.17, 15) is 0 Å². The molecule has 2 unspecified atom stereocenters. The summed E-state index contributed by atoms with van der Waals surface area (Å²) in [4.78, 5) is 1.46. The second-order valence-corrected chi connectivity index (χ2v) is 17.0. The molecule has 2 heteroatoms. The number of fused-ring (bicyclic) bond motifs is 11. The van der Waals surface area contributed by atoms with Crippen molar-refractivity contribution in [1.82, 2.24) is 0 Å². The lowest BCUT2D eigenvalue weighted by Gasteiger charge is -2.18. The van der Waals surface area contributed by atoms with Gasteiger partial charge in [0.05, 0.1) is 0 Å². The minimum absolute atomic E-state index is 0.476. The highest BCUT2D eigenvalue weighted by atomic mass is 32.2. The van der Waals surface area contributed by atoms with Crippen LogP contribution in [0.2, 0.25) is 0 Å². The first-order chi connectivity index (χ1) is 26.7. The summed E-state index contributed by atoms with van der Waals surface area (Å²) in [6, 6.07) is 59.3. The SMILES string of the molecule is C1=CC2Sc3c(ccc4cc5sc6ccc(-c7ccc8cc(-c9c%10ccccc%10c(-c%10ccccc%10)c%10ccccc9%10)ccc8c7)cc6c5cc34)C2C=C1. The number of rotatable bonds is 3. The molecule has 1 aliphatic carbocycles. The molecule has 0 fully saturated rings. The molecule has 10 aromatic rings. The van der Waals surface area contributed by atoms with E-state index in [1.807, 2.05) is 23.1 Å². The maximum Gasteiger partial charge on any atom is 0.0381 e. The van der Waals surface area contributed by atoms with Crippen LogP contribution < -0.4 is 0 Å². The van der Waals surface area contributed by atoms with Gasteiger partial charge in [-0.1, -0.05) is 146 Å². The van der Waals surface area contributed by atoms with Gasteiger partial charge in [-0.15, -0.1) is 23.1 Å². The fourth-order valence-electron chi connectivity index (χ4n) is 9.21. The van der Waals surface area contributed by atoms with E-state index in [1.165, 1.54) is 107 Å². The van der Waals surface area contributed by atoms with Crippen LogP contribution in [-0.2, 0) is 0 Å². The van der Waals surface area contributed by atoms with Gasteiger partial charge in [0.15, 0.2) is 0 Å². The molecule has 252 valence electrons. The van der Waals surface area contributed by atoms with Crippen LogP contribution in [-0.4, -0.2) is 5.25 Å². The zero-order valence-electron chi connectivity index (χ0n) is 29.3. The Morgan fingerprint density at radius 1 is 0.370 bits per heavy atom. The Hall–Kier alpha value is -5.93. The van der Waals surface area contributed by atoms with E-state index < -0.39 is 0 Å². The Morgan fingerprint density at radius 2 is 0.963 bits per heavy atom. The van der Waals surface area contributed by atoms with Crippen molar-refractivity contribution in [3.63, 3.8) is 0 Å². The van der Waals surface area contributed by atoms with Crippen molar-refractivity contribution >= 4 is 86.4 Å². The predicted octanol–water partition coefficient (Wildman–Crippen LogP) is 15.4. The molecule has 2 heterocycles. The molecular formula is C52H32S2. The minimum atomic E-state index is 0.476. The Labute approximate surface area is 321 Å². The third-order valence-corrected chi connectivity index (χ3v) is 14.3. The number of thioether (sulfide) groups is 1. The second-order valence-electron chi connectivity index (χ2n) is 14.7. The third kappa shape index (κ3) is 4.57. The Morgan fingerprint density at radius 3 is 1.72 bits per heavy atom. The normalized spacial score (nSPS) is 16.3. The van der Waals surface area contributed by atoms with Crippen LogP contribution in [0.15, 0.2) is 187 Å². The summed E-state index contributed by atoms with van der Waals surface area (Å²) in [5, 5.41) is 13.6. The molecule has 1 aromatic heterocycles. The largest absolute Gasteiger partial charge is 0.135 e. The summed E-state index contributed by atoms with van der Waals surface area (Å²) in [6.07, 6.45) is 9.15. The smallest absolute Gasteiger partial charge is 0.0381 e. The summed E-state index contributed by atoms with van der Waals surface area (Å²) in [5.41, 5.74) is 9.08. The number of hydrogen-bond donors (Lipinski definition) is 0. The van der Waals surface area contributed by atoms with Crippen molar-refractivity contribution in [2.45, 2.75) is 16.1 Å². The first-order valence-electron chi connectivity index (χ1n) is 18.7. The van der Waals surface area contributed by atoms with Crippen molar-refractivity contribution in [3.8, 4) is 33.4 Å². The van der Waals surface area contributed by atoms with Gasteiger partial charge in [0.2, 0.25) is 0 Å². The maximum absolute atomic E-state index is 2.48. The van der Waals surface area contributed by atoms with Crippen LogP contribution in [0.1, 0.15) is 11.5 Å². The summed E-state index contributed by atoms with van der Waals surface area (Å²) in [5.74, 6) is 0.476. The predicted molar refractivity (Wildman–Crippen MR) is 236 cm³/mol. The fourth-order valence-corrected chi connectivity index (χ4v) is 11.8. The van der Waals surface area contributed by atoms with E-state index in [2.05, 4.69) is 182 Å². The Balaban J connectivity index is 0.970. The van der Waals surface area contributed by atoms with Gasteiger partial charge in [0.25, 0.3) is 0 Å². The van der Waals surface area contributed by atoms with Crippen LogP contribution in [0.3, 0.4) is 0 Å². The minimum Gasteiger partial charge on any atom is -0.135 e. The van der Waals surface area contributed by atoms with Crippen LogP contribution in [0, 0.1) is 0 Å². The zero-order valence-corrected chi connectivity index (χ0v) is 30.9. The van der Waals surface area contributed by atoms with Crippen molar-refractivity contribution in [1.29, 1.82) is 0 Å². The molecular weight excluding hydrogens is 689 g/mol. The maximum atomic E-state index is 2.48. The molecule has 0 nitrogen and oxygen atoms in total. The average molecular weight is 721 g/mol. The van der Waals surface area contributed by atoms with Crippen molar-refractivity contribution in [2.75, 3.05) is 0 Å². The number of hydrogen-bond acceptors (Lipinski definition) is 2. The highest BCUT2D eigenvalue weighted by Crippen LogP contribution is 2.52. The molecule has 0 saturated heterocycles. The van der Waals surface area contributed by atoms with Crippen LogP contribution >= 0.6 is 23.1 Å². The second kappa shape index (κ2) is 11.8. The third-order valence-electron chi connectivity index (χ3n) is 11.7. The van der Waals surface area contributed by atoms with Gasteiger partial charge in [-0.25, -0.2) is 0 Å². The standard InChI is InChI=1S/C52H32S2/c1-2-10-31(11-3-1)50-39-13-4-6-15-41(39)51(42-16-7-5-14-40(42)50)37-21-20-32-26-33(18-19-34(32)27-37)35-23-25-48-45(28-35)46-30-44-36(29-49(46)53-48)22-24-43-38-12-8-9-17-47(38)54-52(43)44/h1-30,38,47H. The van der Waals surface area contributed by atoms with E-state index in [0.717, 1.165) is 0 Å². The van der Waals surface area contributed by atoms with Crippen molar-refractivity contribution in [3.05, 3.63) is 188 Å². The molecule has 2 atom stereocenters. The molecule has 12 rings (SSSR count). The molecule has 54 heavy (non-hydrogen) atoms. The van der Waals surface area contributed by atoms with Crippen molar-refractivity contribution < 1.29 is 0 Å². The fraction of sp³-hybridized carbons (Fsp3) is 0.0385. The molecule has 1 aliphatic heterocycles. The molecule has 0 N–H and O–H groups in total. The van der Waals surface area contributed by atoms with Gasteiger partial charge < -0.3 is 0 Å². The molecule has 0 amide bonds. The number of thiophene rings is 1. The van der Waals surface area contributed by atoms with Gasteiger partial charge in [0.1, 0.15) is 0 Å². The molecule has 0 saturated carbocycles. The van der Waals surface area contributed by atoms with Crippen LogP contribution in [0.25, 0.3) is 96.6 Å². The lowest BCUT2D eigenvalue weighted by Crippen LogP contribution is -2.06. The number of allylic oxidation sites excluding steroid dienone is 3. The Kier molecular flexibility index (Phi) is 6.66. The molecule has 0 bridgehead atoms. The van der Waals surface area contributed by atoms with Gasteiger partial charge in [0, 0.05) is 36.2 Å². The summed E-state index contributed by atoms with van der Waals surface area (Å²) in [6.45, 7) is 0.